The molecule has 36 heavy (non-hydrogen) atoms. The van der Waals surface area contributed by atoms with Crippen LogP contribution in [0.15, 0.2) is 48.7 Å². The summed E-state index contributed by atoms with van der Waals surface area (Å²) in [6.45, 7) is 1.76. The van der Waals surface area contributed by atoms with Gasteiger partial charge in [0.2, 0.25) is 11.9 Å². The number of hydrogen-bond donors (Lipinski definition) is 5. The smallest absolute Gasteiger partial charge is 0.332 e. The Morgan fingerprint density at radius 2 is 1.72 bits per heavy atom. The fourth-order valence-electron chi connectivity index (χ4n) is 2.95. The van der Waals surface area contributed by atoms with Crippen molar-refractivity contribution in [3.63, 3.8) is 0 Å². The highest BCUT2D eigenvalue weighted by atomic mass is 35.5. The van der Waals surface area contributed by atoms with Gasteiger partial charge in [-0.1, -0.05) is 11.6 Å². The summed E-state index contributed by atoms with van der Waals surface area (Å²) < 4.78 is 52.2. The Hall–Kier alpha value is -4.04. The number of H-pyrrole nitrogens is 1. The zero-order chi connectivity index (χ0) is 25.9. The first-order valence-electron chi connectivity index (χ1n) is 10.1. The van der Waals surface area contributed by atoms with Crippen molar-refractivity contribution < 1.29 is 17.6 Å². The van der Waals surface area contributed by atoms with Gasteiger partial charge in [0.15, 0.2) is 10.9 Å². The predicted octanol–water partition coefficient (Wildman–Crippen LogP) is 6.01. The minimum atomic E-state index is -4.59. The number of hydrogen-bond acceptors (Lipinski definition) is 7. The Balaban J connectivity index is 1.38. The highest BCUT2D eigenvalue weighted by Gasteiger charge is 2.33. The standard InChI is InChI=1S/C21H16ClF4N9S/c1-10-6-17(31-18-8-15(23)34-35-18)32-19(28-10)29-12-3-5-16(27-9-12)33-20(36)30-11-2-4-14(22)13(7-11)21(24,25)26/h2-9H,1H3,(H2,27,30,33,36)(H3,28,29,31,32,34,35). The summed E-state index contributed by atoms with van der Waals surface area (Å²) in [4.78, 5) is 12.8. The molecule has 0 saturated heterocycles. The van der Waals surface area contributed by atoms with Gasteiger partial charge in [0.05, 0.1) is 22.5 Å². The van der Waals surface area contributed by atoms with Crippen LogP contribution in [0.3, 0.4) is 0 Å². The molecule has 0 bridgehead atoms. The highest BCUT2D eigenvalue weighted by molar-refractivity contribution is 7.80. The van der Waals surface area contributed by atoms with Crippen LogP contribution < -0.4 is 21.3 Å². The minimum absolute atomic E-state index is 0.0335. The quantitative estimate of drug-likeness (QED) is 0.149. The number of aromatic nitrogens is 5. The lowest BCUT2D eigenvalue weighted by molar-refractivity contribution is -0.137. The average Bonchev–Trinajstić information content (AvgIpc) is 3.19. The number of rotatable bonds is 6. The molecule has 0 fully saturated rings. The van der Waals surface area contributed by atoms with E-state index in [1.54, 1.807) is 25.1 Å². The maximum Gasteiger partial charge on any atom is 0.417 e. The van der Waals surface area contributed by atoms with E-state index in [0.717, 1.165) is 12.1 Å². The molecule has 9 nitrogen and oxygen atoms in total. The summed E-state index contributed by atoms with van der Waals surface area (Å²) in [7, 11) is 0. The highest BCUT2D eigenvalue weighted by Crippen LogP contribution is 2.36. The normalized spacial score (nSPS) is 11.2. The van der Waals surface area contributed by atoms with Crippen LogP contribution in [-0.4, -0.2) is 30.3 Å². The van der Waals surface area contributed by atoms with Crippen LogP contribution in [0.1, 0.15) is 11.3 Å². The lowest BCUT2D eigenvalue weighted by Gasteiger charge is -2.14. The van der Waals surface area contributed by atoms with Crippen molar-refractivity contribution in [1.29, 1.82) is 0 Å². The third kappa shape index (κ3) is 6.55. The molecule has 0 saturated carbocycles. The Bertz CT molecular complexity index is 1390. The number of thiocarbonyl (C=S) groups is 1. The number of alkyl halides is 3. The molecule has 0 aliphatic heterocycles. The summed E-state index contributed by atoms with van der Waals surface area (Å²) in [5, 5.41) is 16.9. The van der Waals surface area contributed by atoms with Gasteiger partial charge in [-0.2, -0.15) is 27.6 Å². The number of aromatic amines is 1. The molecular weight excluding hydrogens is 522 g/mol. The molecule has 0 aliphatic carbocycles. The molecule has 3 aromatic heterocycles. The van der Waals surface area contributed by atoms with Crippen molar-refractivity contribution in [1.82, 2.24) is 25.1 Å². The SMILES string of the molecule is Cc1cc(Nc2cc(F)[nH]n2)nc(Nc2ccc(NC(=S)Nc3ccc(Cl)c(C(F)(F)F)c3)nc2)n1. The molecule has 1 aromatic carbocycles. The zero-order valence-corrected chi connectivity index (χ0v) is 19.8. The maximum absolute atomic E-state index is 13.1. The summed E-state index contributed by atoms with van der Waals surface area (Å²) >= 11 is 10.8. The van der Waals surface area contributed by atoms with Crippen molar-refractivity contribution in [3.05, 3.63) is 70.9 Å². The molecule has 4 rings (SSSR count). The number of pyridine rings is 1. The number of nitrogens with one attached hydrogen (secondary N) is 5. The number of benzene rings is 1. The first kappa shape index (κ1) is 25.1. The zero-order valence-electron chi connectivity index (χ0n) is 18.2. The Morgan fingerprint density at radius 1 is 0.944 bits per heavy atom. The number of aryl methyl sites for hydroxylation is 1. The number of nitrogens with zero attached hydrogens (tertiary/aromatic N) is 4. The van der Waals surface area contributed by atoms with Gasteiger partial charge in [0.25, 0.3) is 0 Å². The van der Waals surface area contributed by atoms with E-state index in [1.807, 2.05) is 0 Å². The van der Waals surface area contributed by atoms with Crippen LogP contribution in [0.4, 0.5) is 52.3 Å². The second-order valence-electron chi connectivity index (χ2n) is 7.27. The molecule has 0 unspecified atom stereocenters. The van der Waals surface area contributed by atoms with Gasteiger partial charge < -0.3 is 21.3 Å². The van der Waals surface area contributed by atoms with E-state index in [9.17, 15) is 17.6 Å². The van der Waals surface area contributed by atoms with Crippen LogP contribution >= 0.6 is 23.8 Å². The molecule has 0 atom stereocenters. The number of halogens is 5. The fourth-order valence-corrected chi connectivity index (χ4v) is 3.40. The summed E-state index contributed by atoms with van der Waals surface area (Å²) in [6, 6.07) is 9.49. The third-order valence-electron chi connectivity index (χ3n) is 4.45. The Morgan fingerprint density at radius 3 is 2.39 bits per heavy atom. The van der Waals surface area contributed by atoms with Crippen molar-refractivity contribution in [3.8, 4) is 0 Å². The van der Waals surface area contributed by atoms with Gasteiger partial charge in [0, 0.05) is 23.5 Å². The minimum Gasteiger partial charge on any atom is -0.332 e. The molecule has 15 heteroatoms. The van der Waals surface area contributed by atoms with E-state index in [0.29, 0.717) is 23.0 Å². The van der Waals surface area contributed by atoms with Crippen LogP contribution in [0.5, 0.6) is 0 Å². The molecule has 186 valence electrons. The number of anilines is 6. The van der Waals surface area contributed by atoms with Crippen molar-refractivity contribution in [2.75, 3.05) is 21.3 Å². The second kappa shape index (κ2) is 10.3. The van der Waals surface area contributed by atoms with Gasteiger partial charge in [0.1, 0.15) is 11.6 Å². The summed E-state index contributed by atoms with van der Waals surface area (Å²) in [5.74, 6) is 0.671. The van der Waals surface area contributed by atoms with Crippen LogP contribution in [0.2, 0.25) is 5.02 Å². The van der Waals surface area contributed by atoms with E-state index in [-0.39, 0.29) is 22.6 Å². The molecule has 4 aromatic rings. The lowest BCUT2D eigenvalue weighted by atomic mass is 10.2. The van der Waals surface area contributed by atoms with E-state index in [2.05, 4.69) is 46.4 Å². The summed E-state index contributed by atoms with van der Waals surface area (Å²) in [5.41, 5.74) is 0.332. The molecular formula is C21H16ClF4N9S. The maximum atomic E-state index is 13.1. The van der Waals surface area contributed by atoms with Crippen LogP contribution in [0.25, 0.3) is 0 Å². The average molecular weight is 538 g/mol. The Kier molecular flexibility index (Phi) is 7.17. The van der Waals surface area contributed by atoms with Gasteiger partial charge >= 0.3 is 6.18 Å². The van der Waals surface area contributed by atoms with E-state index < -0.39 is 22.7 Å². The van der Waals surface area contributed by atoms with Gasteiger partial charge in [-0.3, -0.25) is 5.10 Å². The third-order valence-corrected chi connectivity index (χ3v) is 4.98. The van der Waals surface area contributed by atoms with Gasteiger partial charge in [-0.05, 0) is 49.5 Å². The van der Waals surface area contributed by atoms with E-state index in [1.165, 1.54) is 18.3 Å². The van der Waals surface area contributed by atoms with Crippen molar-refractivity contribution in [2.45, 2.75) is 13.1 Å². The molecule has 0 radical (unpaired) electrons. The van der Waals surface area contributed by atoms with Crippen molar-refractivity contribution in [2.24, 2.45) is 0 Å². The molecule has 5 N–H and O–H groups in total. The topological polar surface area (TPSA) is 115 Å². The van der Waals surface area contributed by atoms with E-state index in [4.69, 9.17) is 23.8 Å². The van der Waals surface area contributed by atoms with E-state index >= 15 is 0 Å². The monoisotopic (exact) mass is 537 g/mol. The summed E-state index contributed by atoms with van der Waals surface area (Å²) in [6.07, 6.45) is -3.11. The molecule has 0 amide bonds. The van der Waals surface area contributed by atoms with Crippen LogP contribution in [0, 0.1) is 12.9 Å². The van der Waals surface area contributed by atoms with Crippen LogP contribution in [-0.2, 0) is 6.18 Å². The largest absolute Gasteiger partial charge is 0.417 e. The fraction of sp³-hybridized carbons (Fsp3) is 0.0952. The predicted molar refractivity (Wildman–Crippen MR) is 132 cm³/mol. The first-order valence-corrected chi connectivity index (χ1v) is 10.9. The molecule has 0 spiro atoms. The molecule has 0 aliphatic rings. The van der Waals surface area contributed by atoms with Crippen molar-refractivity contribution >= 4 is 63.7 Å². The molecule has 3 heterocycles. The van der Waals surface area contributed by atoms with Gasteiger partial charge in [-0.25, -0.2) is 9.97 Å². The first-order chi connectivity index (χ1) is 17.0. The lowest BCUT2D eigenvalue weighted by Crippen LogP contribution is -2.20. The Labute approximate surface area is 211 Å². The second-order valence-corrected chi connectivity index (χ2v) is 8.09. The van der Waals surface area contributed by atoms with Gasteiger partial charge in [-0.15, -0.1) is 0 Å².